The lowest BCUT2D eigenvalue weighted by Gasteiger charge is -2.15. The lowest BCUT2D eigenvalue weighted by Crippen LogP contribution is -2.23. The maximum atomic E-state index is 10.2. The number of hydrogen-bond acceptors (Lipinski definition) is 4. The molecule has 1 fully saturated rings. The third-order valence-corrected chi connectivity index (χ3v) is 4.73. The molecule has 1 atom stereocenters. The first kappa shape index (κ1) is 14.3. The summed E-state index contributed by atoms with van der Waals surface area (Å²) in [6.07, 6.45) is 7.69. The normalized spacial score (nSPS) is 18.9. The molecule has 0 bridgehead atoms. The average molecular weight is 311 g/mol. The molecule has 23 heavy (non-hydrogen) atoms. The molecule has 3 heterocycles. The highest BCUT2D eigenvalue weighted by atomic mass is 16.3. The molecular formula is C17H21N5O. The van der Waals surface area contributed by atoms with Crippen molar-refractivity contribution in [3.8, 4) is 5.75 Å². The van der Waals surface area contributed by atoms with Crippen molar-refractivity contribution in [3.63, 3.8) is 0 Å². The monoisotopic (exact) mass is 311 g/mol. The smallest absolute Gasteiger partial charge is 0.125 e. The van der Waals surface area contributed by atoms with Gasteiger partial charge in [-0.1, -0.05) is 6.07 Å². The van der Waals surface area contributed by atoms with Crippen LogP contribution in [0.25, 0.3) is 10.9 Å². The zero-order chi connectivity index (χ0) is 15.6. The number of benzene rings is 1. The fraction of sp³-hybridized carbons (Fsp3) is 0.412. The summed E-state index contributed by atoms with van der Waals surface area (Å²) >= 11 is 0. The Balaban J connectivity index is 1.39. The van der Waals surface area contributed by atoms with Gasteiger partial charge in [-0.15, -0.1) is 0 Å². The highest BCUT2D eigenvalue weighted by Gasteiger charge is 2.26. The van der Waals surface area contributed by atoms with E-state index in [9.17, 15) is 5.11 Å². The summed E-state index contributed by atoms with van der Waals surface area (Å²) in [6.45, 7) is 4.08. The molecule has 0 saturated carbocycles. The van der Waals surface area contributed by atoms with Gasteiger partial charge in [0.05, 0.1) is 18.9 Å². The Hall–Kier alpha value is -2.34. The number of aromatic hydroxyl groups is 1. The Morgan fingerprint density at radius 3 is 2.96 bits per heavy atom. The van der Waals surface area contributed by atoms with Gasteiger partial charge in [-0.2, -0.15) is 15.0 Å². The van der Waals surface area contributed by atoms with Crippen molar-refractivity contribution in [2.24, 2.45) is 0 Å². The number of nitrogens with zero attached hydrogens (tertiary/aromatic N) is 4. The Morgan fingerprint density at radius 1 is 1.22 bits per heavy atom. The van der Waals surface area contributed by atoms with Gasteiger partial charge in [-0.3, -0.25) is 0 Å². The number of fused-ring (bicyclic) bond motifs is 1. The van der Waals surface area contributed by atoms with Crippen LogP contribution in [-0.2, 0) is 6.54 Å². The van der Waals surface area contributed by atoms with Crippen LogP contribution in [0.4, 0.5) is 0 Å². The predicted octanol–water partition coefficient (Wildman–Crippen LogP) is 2.34. The number of rotatable bonds is 5. The zero-order valence-electron chi connectivity index (χ0n) is 13.0. The second-order valence-corrected chi connectivity index (χ2v) is 6.21. The standard InChI is InChI=1S/C17H21N5O/c23-16-4-1-3-15-17(16)14(11-18-15)13-5-10-21(12-13)8-2-9-22-19-6-7-20-22/h1,3-4,6-7,11,13,18,23H,2,5,8-10,12H2/t13-/m1/s1. The highest BCUT2D eigenvalue weighted by molar-refractivity contribution is 5.89. The third-order valence-electron chi connectivity index (χ3n) is 4.73. The number of hydrogen-bond donors (Lipinski definition) is 2. The molecule has 0 aliphatic carbocycles. The van der Waals surface area contributed by atoms with Crippen molar-refractivity contribution in [2.45, 2.75) is 25.3 Å². The topological polar surface area (TPSA) is 70.0 Å². The first-order valence-corrected chi connectivity index (χ1v) is 8.16. The van der Waals surface area contributed by atoms with E-state index in [1.165, 1.54) is 5.56 Å². The summed E-state index contributed by atoms with van der Waals surface area (Å²) in [7, 11) is 0. The summed E-state index contributed by atoms with van der Waals surface area (Å²) in [5.41, 5.74) is 2.26. The molecule has 6 nitrogen and oxygen atoms in total. The van der Waals surface area contributed by atoms with E-state index in [0.717, 1.165) is 49.9 Å². The SMILES string of the molecule is Oc1cccc2[nH]cc([C@@H]3CCN(CCCn4nccn4)C3)c12. The number of H-pyrrole nitrogens is 1. The largest absolute Gasteiger partial charge is 0.507 e. The van der Waals surface area contributed by atoms with Crippen molar-refractivity contribution < 1.29 is 5.11 Å². The van der Waals surface area contributed by atoms with Gasteiger partial charge in [0, 0.05) is 29.6 Å². The van der Waals surface area contributed by atoms with Crippen molar-refractivity contribution >= 4 is 10.9 Å². The van der Waals surface area contributed by atoms with Crippen molar-refractivity contribution in [1.82, 2.24) is 24.9 Å². The summed E-state index contributed by atoms with van der Waals surface area (Å²) in [5.74, 6) is 0.863. The van der Waals surface area contributed by atoms with E-state index in [1.54, 1.807) is 23.3 Å². The van der Waals surface area contributed by atoms with Crippen LogP contribution >= 0.6 is 0 Å². The maximum absolute atomic E-state index is 10.2. The van der Waals surface area contributed by atoms with Crippen molar-refractivity contribution in [3.05, 3.63) is 42.4 Å². The molecule has 0 unspecified atom stereocenters. The molecule has 0 amide bonds. The quantitative estimate of drug-likeness (QED) is 0.759. The van der Waals surface area contributed by atoms with E-state index in [2.05, 4.69) is 26.3 Å². The summed E-state index contributed by atoms with van der Waals surface area (Å²) in [5, 5.41) is 19.4. The van der Waals surface area contributed by atoms with Crippen LogP contribution in [0, 0.1) is 0 Å². The van der Waals surface area contributed by atoms with Crippen LogP contribution in [0.15, 0.2) is 36.8 Å². The summed E-state index contributed by atoms with van der Waals surface area (Å²) < 4.78 is 0. The number of aromatic amines is 1. The van der Waals surface area contributed by atoms with E-state index < -0.39 is 0 Å². The number of likely N-dealkylation sites (tertiary alicyclic amines) is 1. The zero-order valence-corrected chi connectivity index (χ0v) is 13.0. The van der Waals surface area contributed by atoms with Crippen LogP contribution < -0.4 is 0 Å². The van der Waals surface area contributed by atoms with Crippen LogP contribution in [0.3, 0.4) is 0 Å². The molecular weight excluding hydrogens is 290 g/mol. The average Bonchev–Trinajstić information content (AvgIpc) is 3.27. The van der Waals surface area contributed by atoms with Gasteiger partial charge in [-0.25, -0.2) is 0 Å². The van der Waals surface area contributed by atoms with E-state index >= 15 is 0 Å². The van der Waals surface area contributed by atoms with Crippen molar-refractivity contribution in [1.29, 1.82) is 0 Å². The molecule has 1 saturated heterocycles. The van der Waals surface area contributed by atoms with Crippen LogP contribution in [0.5, 0.6) is 5.75 Å². The number of nitrogens with one attached hydrogen (secondary N) is 1. The Labute approximate surface area is 134 Å². The fourth-order valence-corrected chi connectivity index (χ4v) is 3.60. The van der Waals surface area contributed by atoms with Gasteiger partial charge >= 0.3 is 0 Å². The maximum Gasteiger partial charge on any atom is 0.125 e. The second-order valence-electron chi connectivity index (χ2n) is 6.21. The molecule has 4 rings (SSSR count). The molecule has 1 aliphatic rings. The van der Waals surface area contributed by atoms with Crippen LogP contribution in [-0.4, -0.2) is 49.6 Å². The lowest BCUT2D eigenvalue weighted by molar-refractivity contribution is 0.314. The number of aryl methyl sites for hydroxylation is 1. The minimum absolute atomic E-state index is 0.377. The van der Waals surface area contributed by atoms with Crippen molar-refractivity contribution in [2.75, 3.05) is 19.6 Å². The molecule has 6 heteroatoms. The third kappa shape index (κ3) is 2.82. The van der Waals surface area contributed by atoms with Gasteiger partial charge in [0.15, 0.2) is 0 Å². The lowest BCUT2D eigenvalue weighted by atomic mass is 9.97. The summed E-state index contributed by atoms with van der Waals surface area (Å²) in [4.78, 5) is 7.52. The predicted molar refractivity (Wildman–Crippen MR) is 88.4 cm³/mol. The van der Waals surface area contributed by atoms with Gasteiger partial charge < -0.3 is 15.0 Å². The molecule has 2 aromatic heterocycles. The molecule has 1 aromatic carbocycles. The first-order valence-electron chi connectivity index (χ1n) is 8.16. The van der Waals surface area contributed by atoms with Gasteiger partial charge in [0.25, 0.3) is 0 Å². The van der Waals surface area contributed by atoms with Crippen LogP contribution in [0.2, 0.25) is 0 Å². The van der Waals surface area contributed by atoms with Gasteiger partial charge in [0.2, 0.25) is 0 Å². The Morgan fingerprint density at radius 2 is 2.09 bits per heavy atom. The molecule has 0 radical (unpaired) electrons. The minimum atomic E-state index is 0.377. The molecule has 120 valence electrons. The number of phenolic OH excluding ortho intramolecular Hbond substituents is 1. The second kappa shape index (κ2) is 6.04. The van der Waals surface area contributed by atoms with E-state index in [4.69, 9.17) is 0 Å². The Kier molecular flexibility index (Phi) is 3.75. The van der Waals surface area contributed by atoms with E-state index in [-0.39, 0.29) is 0 Å². The fourth-order valence-electron chi connectivity index (χ4n) is 3.60. The van der Waals surface area contributed by atoms with Gasteiger partial charge in [-0.05, 0) is 43.6 Å². The Bertz CT molecular complexity index is 779. The van der Waals surface area contributed by atoms with Gasteiger partial charge in [0.1, 0.15) is 5.75 Å². The van der Waals surface area contributed by atoms with Crippen LogP contribution in [0.1, 0.15) is 24.3 Å². The van der Waals surface area contributed by atoms with E-state index in [0.29, 0.717) is 11.7 Å². The number of phenols is 1. The van der Waals surface area contributed by atoms with E-state index in [1.807, 2.05) is 12.1 Å². The summed E-state index contributed by atoms with van der Waals surface area (Å²) in [6, 6.07) is 5.66. The first-order chi connectivity index (χ1) is 11.3. The highest BCUT2D eigenvalue weighted by Crippen LogP contribution is 2.36. The molecule has 3 aromatic rings. The molecule has 2 N–H and O–H groups in total. The molecule has 1 aliphatic heterocycles. The minimum Gasteiger partial charge on any atom is -0.507 e. The number of aromatic nitrogens is 4. The molecule has 0 spiro atoms.